The van der Waals surface area contributed by atoms with Crippen molar-refractivity contribution in [2.24, 2.45) is 4.99 Å². The number of hydrogen-bond acceptors (Lipinski definition) is 3. The Bertz CT molecular complexity index is 900. The first-order chi connectivity index (χ1) is 12.7. The highest BCUT2D eigenvalue weighted by Crippen LogP contribution is 2.15. The molecule has 6 nitrogen and oxygen atoms in total. The Balaban J connectivity index is 1.55. The lowest BCUT2D eigenvalue weighted by molar-refractivity contribution is 0.414. The van der Waals surface area contributed by atoms with E-state index in [4.69, 9.17) is 4.74 Å². The van der Waals surface area contributed by atoms with Gasteiger partial charge in [0.2, 0.25) is 0 Å². The molecular weight excluding hydrogens is 326 g/mol. The number of para-hydroxylation sites is 2. The lowest BCUT2D eigenvalue weighted by Gasteiger charge is -2.13. The molecule has 6 heteroatoms. The van der Waals surface area contributed by atoms with E-state index in [0.29, 0.717) is 6.54 Å². The highest BCUT2D eigenvalue weighted by atomic mass is 16.5. The van der Waals surface area contributed by atoms with Crippen molar-refractivity contribution in [3.8, 4) is 5.75 Å². The van der Waals surface area contributed by atoms with Gasteiger partial charge >= 0.3 is 0 Å². The molecule has 26 heavy (non-hydrogen) atoms. The predicted molar refractivity (Wildman–Crippen MR) is 106 cm³/mol. The number of imidazole rings is 1. The third-order valence-electron chi connectivity index (χ3n) is 4.29. The van der Waals surface area contributed by atoms with Gasteiger partial charge in [-0.2, -0.15) is 0 Å². The van der Waals surface area contributed by atoms with E-state index in [1.165, 1.54) is 0 Å². The SMILES string of the molecule is CN=C(NCCn1c(C)nc2ccccc21)NCc1cccc(OC)c1. The van der Waals surface area contributed by atoms with E-state index in [-0.39, 0.29) is 0 Å². The van der Waals surface area contributed by atoms with E-state index >= 15 is 0 Å². The van der Waals surface area contributed by atoms with Crippen LogP contribution in [-0.2, 0) is 13.1 Å². The van der Waals surface area contributed by atoms with Crippen LogP contribution in [0.1, 0.15) is 11.4 Å². The molecule has 3 aromatic rings. The number of nitrogens with one attached hydrogen (secondary N) is 2. The first-order valence-corrected chi connectivity index (χ1v) is 8.70. The number of aromatic nitrogens is 2. The second-order valence-electron chi connectivity index (χ2n) is 6.00. The highest BCUT2D eigenvalue weighted by molar-refractivity contribution is 5.79. The second kappa shape index (κ2) is 8.38. The van der Waals surface area contributed by atoms with Crippen molar-refractivity contribution >= 4 is 17.0 Å². The monoisotopic (exact) mass is 351 g/mol. The summed E-state index contributed by atoms with van der Waals surface area (Å²) in [6, 6.07) is 16.2. The van der Waals surface area contributed by atoms with Crippen LogP contribution in [0.15, 0.2) is 53.5 Å². The van der Waals surface area contributed by atoms with Crippen LogP contribution in [0.4, 0.5) is 0 Å². The molecule has 0 aliphatic rings. The number of benzene rings is 2. The second-order valence-corrected chi connectivity index (χ2v) is 6.00. The quantitative estimate of drug-likeness (QED) is 0.529. The summed E-state index contributed by atoms with van der Waals surface area (Å²) in [5.74, 6) is 2.65. The molecule has 0 saturated heterocycles. The first-order valence-electron chi connectivity index (χ1n) is 8.70. The molecule has 3 rings (SSSR count). The van der Waals surface area contributed by atoms with Crippen LogP contribution in [-0.4, -0.2) is 36.2 Å². The smallest absolute Gasteiger partial charge is 0.191 e. The van der Waals surface area contributed by atoms with Crippen LogP contribution >= 0.6 is 0 Å². The Labute approximate surface area is 153 Å². The number of fused-ring (bicyclic) bond motifs is 1. The molecule has 0 atom stereocenters. The fourth-order valence-electron chi connectivity index (χ4n) is 2.95. The van der Waals surface area contributed by atoms with Gasteiger partial charge in [-0.3, -0.25) is 4.99 Å². The molecule has 0 unspecified atom stereocenters. The highest BCUT2D eigenvalue weighted by Gasteiger charge is 2.06. The van der Waals surface area contributed by atoms with Crippen molar-refractivity contribution in [1.82, 2.24) is 20.2 Å². The Kier molecular flexibility index (Phi) is 5.73. The minimum Gasteiger partial charge on any atom is -0.497 e. The Morgan fingerprint density at radius 3 is 2.81 bits per heavy atom. The van der Waals surface area contributed by atoms with Gasteiger partial charge in [0, 0.05) is 26.7 Å². The van der Waals surface area contributed by atoms with E-state index in [1.807, 2.05) is 43.3 Å². The van der Waals surface area contributed by atoms with E-state index in [1.54, 1.807) is 14.2 Å². The summed E-state index contributed by atoms with van der Waals surface area (Å²) >= 11 is 0. The van der Waals surface area contributed by atoms with E-state index in [9.17, 15) is 0 Å². The van der Waals surface area contributed by atoms with Crippen LogP contribution < -0.4 is 15.4 Å². The number of methoxy groups -OCH3 is 1. The third-order valence-corrected chi connectivity index (χ3v) is 4.29. The van der Waals surface area contributed by atoms with Gasteiger partial charge in [-0.25, -0.2) is 4.98 Å². The van der Waals surface area contributed by atoms with Crippen LogP contribution in [0.25, 0.3) is 11.0 Å². The van der Waals surface area contributed by atoms with Gasteiger partial charge in [0.25, 0.3) is 0 Å². The number of hydrogen-bond donors (Lipinski definition) is 2. The largest absolute Gasteiger partial charge is 0.497 e. The zero-order valence-corrected chi connectivity index (χ0v) is 15.5. The fraction of sp³-hybridized carbons (Fsp3) is 0.300. The van der Waals surface area contributed by atoms with Crippen LogP contribution in [0.3, 0.4) is 0 Å². The van der Waals surface area contributed by atoms with Crippen molar-refractivity contribution in [2.75, 3.05) is 20.7 Å². The minimum atomic E-state index is 0.684. The molecule has 0 saturated carbocycles. The summed E-state index contributed by atoms with van der Waals surface area (Å²) < 4.78 is 7.48. The van der Waals surface area contributed by atoms with Gasteiger partial charge in [0.1, 0.15) is 11.6 Å². The lowest BCUT2D eigenvalue weighted by Crippen LogP contribution is -2.38. The molecule has 0 aliphatic carbocycles. The summed E-state index contributed by atoms with van der Waals surface area (Å²) in [7, 11) is 3.45. The van der Waals surface area contributed by atoms with Crippen molar-refractivity contribution < 1.29 is 4.74 Å². The first kappa shape index (κ1) is 17.8. The molecule has 2 N–H and O–H groups in total. The fourth-order valence-corrected chi connectivity index (χ4v) is 2.95. The number of guanidine groups is 1. The summed E-state index contributed by atoms with van der Waals surface area (Å²) in [5, 5.41) is 6.68. The van der Waals surface area contributed by atoms with Crippen LogP contribution in [0.5, 0.6) is 5.75 Å². The van der Waals surface area contributed by atoms with Gasteiger partial charge in [0.05, 0.1) is 18.1 Å². The number of ether oxygens (including phenoxy) is 1. The maximum atomic E-state index is 5.26. The van der Waals surface area contributed by atoms with Crippen molar-refractivity contribution in [3.63, 3.8) is 0 Å². The molecule has 0 amide bonds. The van der Waals surface area contributed by atoms with Gasteiger partial charge in [-0.1, -0.05) is 24.3 Å². The molecule has 0 radical (unpaired) electrons. The third kappa shape index (κ3) is 4.14. The zero-order chi connectivity index (χ0) is 18.4. The summed E-state index contributed by atoms with van der Waals surface area (Å²) in [5.41, 5.74) is 3.33. The van der Waals surface area contributed by atoms with Crippen LogP contribution in [0.2, 0.25) is 0 Å². The maximum absolute atomic E-state index is 5.26. The number of aryl methyl sites for hydroxylation is 1. The molecule has 1 heterocycles. The lowest BCUT2D eigenvalue weighted by atomic mass is 10.2. The number of nitrogens with zero attached hydrogens (tertiary/aromatic N) is 3. The summed E-state index contributed by atoms with van der Waals surface area (Å²) in [6.07, 6.45) is 0. The number of aliphatic imine (C=N–C) groups is 1. The Morgan fingerprint density at radius 1 is 1.15 bits per heavy atom. The van der Waals surface area contributed by atoms with Crippen molar-refractivity contribution in [1.29, 1.82) is 0 Å². The maximum Gasteiger partial charge on any atom is 0.191 e. The zero-order valence-electron chi connectivity index (χ0n) is 15.5. The average molecular weight is 351 g/mol. The molecule has 1 aromatic heterocycles. The average Bonchev–Trinajstić information content (AvgIpc) is 3.00. The normalized spacial score (nSPS) is 11.6. The van der Waals surface area contributed by atoms with Crippen LogP contribution in [0, 0.1) is 6.92 Å². The Morgan fingerprint density at radius 2 is 2.00 bits per heavy atom. The van der Waals surface area contributed by atoms with Gasteiger partial charge in [0.15, 0.2) is 5.96 Å². The van der Waals surface area contributed by atoms with Gasteiger partial charge < -0.3 is 19.9 Å². The molecular formula is C20H25N5O. The minimum absolute atomic E-state index is 0.684. The standard InChI is InChI=1S/C20H25N5O/c1-15-24-18-9-4-5-10-19(18)25(15)12-11-22-20(21-2)23-14-16-7-6-8-17(13-16)26-3/h4-10,13H,11-12,14H2,1-3H3,(H2,21,22,23). The van der Waals surface area contributed by atoms with Gasteiger partial charge in [-0.05, 0) is 36.8 Å². The summed E-state index contributed by atoms with van der Waals surface area (Å²) in [4.78, 5) is 8.89. The van der Waals surface area contributed by atoms with Gasteiger partial charge in [-0.15, -0.1) is 0 Å². The summed E-state index contributed by atoms with van der Waals surface area (Å²) in [6.45, 7) is 4.31. The molecule has 136 valence electrons. The van der Waals surface area contributed by atoms with Crippen molar-refractivity contribution in [2.45, 2.75) is 20.0 Å². The molecule has 0 aliphatic heterocycles. The van der Waals surface area contributed by atoms with E-state index in [0.717, 1.165) is 47.2 Å². The topological polar surface area (TPSA) is 63.5 Å². The number of rotatable bonds is 6. The van der Waals surface area contributed by atoms with E-state index < -0.39 is 0 Å². The molecule has 0 bridgehead atoms. The predicted octanol–water partition coefficient (Wildman–Crippen LogP) is 2.72. The molecule has 0 fully saturated rings. The Hall–Kier alpha value is -3.02. The molecule has 2 aromatic carbocycles. The van der Waals surface area contributed by atoms with E-state index in [2.05, 4.69) is 37.3 Å². The van der Waals surface area contributed by atoms with Crippen molar-refractivity contribution in [3.05, 3.63) is 59.9 Å². The molecule has 0 spiro atoms.